The van der Waals surface area contributed by atoms with Crippen molar-refractivity contribution in [1.82, 2.24) is 5.32 Å². The Balaban J connectivity index is 2.01. The fourth-order valence-electron chi connectivity index (χ4n) is 4.66. The average molecular weight is 551 g/mol. The molecule has 1 saturated heterocycles. The van der Waals surface area contributed by atoms with Gasteiger partial charge < -0.3 is 14.8 Å². The predicted molar refractivity (Wildman–Crippen MR) is 151 cm³/mol. The van der Waals surface area contributed by atoms with Crippen LogP contribution in [0, 0.1) is 11.3 Å². The van der Waals surface area contributed by atoms with E-state index in [1.165, 1.54) is 19.1 Å². The minimum Gasteiger partial charge on any atom is -0.496 e. The standard InChI is InChI=1S/C32H33F3N2O3/c1-7-8-28(22(4)20(2)15-21(3)27-11-9-24(23(5)38)17-30(27)39-6)25-10-12-29(26(16-25)18-36)40-31(32(33,34)35)13-14-37-19-31/h7-12,15-17,37H,1,13-14,19H2,2-6H3/b21-15+,22-20+,28-8+. The zero-order valence-electron chi connectivity index (χ0n) is 23.3. The quantitative estimate of drug-likeness (QED) is 0.259. The maximum Gasteiger partial charge on any atom is 0.429 e. The van der Waals surface area contributed by atoms with Crippen molar-refractivity contribution in [3.63, 3.8) is 0 Å². The van der Waals surface area contributed by atoms with Gasteiger partial charge in [0.15, 0.2) is 5.78 Å². The van der Waals surface area contributed by atoms with Crippen LogP contribution in [0.1, 0.15) is 61.2 Å². The zero-order valence-corrected chi connectivity index (χ0v) is 23.3. The molecule has 0 saturated carbocycles. The molecule has 210 valence electrons. The number of Topliss-reactive ketones (excluding diaryl/α,β-unsaturated/α-hetero) is 1. The van der Waals surface area contributed by atoms with E-state index < -0.39 is 11.8 Å². The van der Waals surface area contributed by atoms with Gasteiger partial charge in [0, 0.05) is 24.1 Å². The summed E-state index contributed by atoms with van der Waals surface area (Å²) >= 11 is 0. The van der Waals surface area contributed by atoms with Gasteiger partial charge in [-0.15, -0.1) is 0 Å². The molecule has 1 N–H and O–H groups in total. The average Bonchev–Trinajstić information content (AvgIpc) is 3.41. The highest BCUT2D eigenvalue weighted by Gasteiger charge is 2.59. The van der Waals surface area contributed by atoms with Crippen LogP contribution >= 0.6 is 0 Å². The summed E-state index contributed by atoms with van der Waals surface area (Å²) in [6, 6.07) is 11.9. The third kappa shape index (κ3) is 6.37. The normalized spacial score (nSPS) is 18.6. The largest absolute Gasteiger partial charge is 0.496 e. The molecule has 3 rings (SSSR count). The van der Waals surface area contributed by atoms with E-state index in [4.69, 9.17) is 9.47 Å². The molecule has 1 heterocycles. The SMILES string of the molecule is C=C\C=C(/C(C)=C(C)/C=C(\C)c1ccc(C(C)=O)cc1OC)c1ccc(OC2(C(F)(F)F)CCNC2)c(C#N)c1. The summed E-state index contributed by atoms with van der Waals surface area (Å²) in [4.78, 5) is 11.8. The third-order valence-electron chi connectivity index (χ3n) is 7.10. The Morgan fingerprint density at radius 2 is 1.80 bits per heavy atom. The summed E-state index contributed by atoms with van der Waals surface area (Å²) in [5, 5.41) is 12.5. The van der Waals surface area contributed by atoms with Gasteiger partial charge in [0.2, 0.25) is 5.60 Å². The molecule has 8 heteroatoms. The number of halogens is 3. The molecular weight excluding hydrogens is 517 g/mol. The van der Waals surface area contributed by atoms with Crippen LogP contribution in [0.3, 0.4) is 0 Å². The first-order valence-corrected chi connectivity index (χ1v) is 12.8. The van der Waals surface area contributed by atoms with E-state index in [1.54, 1.807) is 37.5 Å². The summed E-state index contributed by atoms with van der Waals surface area (Å²) in [5.41, 5.74) is 3.12. The van der Waals surface area contributed by atoms with Crippen molar-refractivity contribution in [1.29, 1.82) is 5.26 Å². The number of rotatable bonds is 9. The van der Waals surface area contributed by atoms with Gasteiger partial charge in [0.1, 0.15) is 17.6 Å². The van der Waals surface area contributed by atoms with Gasteiger partial charge in [-0.2, -0.15) is 18.4 Å². The molecule has 0 bridgehead atoms. The molecule has 2 aromatic carbocycles. The smallest absolute Gasteiger partial charge is 0.429 e. The van der Waals surface area contributed by atoms with E-state index in [0.29, 0.717) is 16.9 Å². The number of nitriles is 1. The van der Waals surface area contributed by atoms with E-state index in [9.17, 15) is 23.2 Å². The van der Waals surface area contributed by atoms with Crippen molar-refractivity contribution < 1.29 is 27.4 Å². The number of ether oxygens (including phenoxy) is 2. The van der Waals surface area contributed by atoms with Gasteiger partial charge in [-0.1, -0.05) is 43.0 Å². The van der Waals surface area contributed by atoms with E-state index >= 15 is 0 Å². The number of carbonyl (C=O) groups excluding carboxylic acids is 1. The minimum atomic E-state index is -4.59. The van der Waals surface area contributed by atoms with Gasteiger partial charge in [-0.3, -0.25) is 4.79 Å². The Hall–Kier alpha value is -4.09. The molecular formula is C32H33F3N2O3. The Labute approximate surface area is 233 Å². The number of ketones is 1. The van der Waals surface area contributed by atoms with E-state index in [0.717, 1.165) is 27.9 Å². The van der Waals surface area contributed by atoms with Gasteiger partial charge in [-0.25, -0.2) is 0 Å². The highest BCUT2D eigenvalue weighted by Crippen LogP contribution is 2.41. The number of alkyl halides is 3. The number of allylic oxidation sites excluding steroid dienone is 7. The first kappa shape index (κ1) is 30.5. The number of benzene rings is 2. The van der Waals surface area contributed by atoms with Crippen molar-refractivity contribution in [2.45, 2.75) is 45.9 Å². The first-order valence-electron chi connectivity index (χ1n) is 12.8. The lowest BCUT2D eigenvalue weighted by molar-refractivity contribution is -0.240. The predicted octanol–water partition coefficient (Wildman–Crippen LogP) is 7.45. The summed E-state index contributed by atoms with van der Waals surface area (Å²) in [6.07, 6.45) is 0.566. The van der Waals surface area contributed by atoms with Crippen molar-refractivity contribution >= 4 is 16.9 Å². The van der Waals surface area contributed by atoms with Crippen molar-refractivity contribution in [2.24, 2.45) is 0 Å². The van der Waals surface area contributed by atoms with Crippen LogP contribution in [-0.2, 0) is 0 Å². The zero-order chi connectivity index (χ0) is 29.7. The van der Waals surface area contributed by atoms with Gasteiger partial charge in [-0.05, 0) is 80.3 Å². The number of carbonyl (C=O) groups is 1. The molecule has 1 fully saturated rings. The van der Waals surface area contributed by atoms with Gasteiger partial charge >= 0.3 is 6.18 Å². The molecule has 1 aliphatic rings. The Kier molecular flexibility index (Phi) is 9.44. The molecule has 5 nitrogen and oxygen atoms in total. The van der Waals surface area contributed by atoms with Crippen LogP contribution in [0.5, 0.6) is 11.5 Å². The second-order valence-corrected chi connectivity index (χ2v) is 9.77. The third-order valence-corrected chi connectivity index (χ3v) is 7.10. The molecule has 1 aliphatic heterocycles. The summed E-state index contributed by atoms with van der Waals surface area (Å²) in [6.45, 7) is 10.9. The lowest BCUT2D eigenvalue weighted by Crippen LogP contribution is -2.52. The number of hydrogen-bond donors (Lipinski definition) is 1. The van der Waals surface area contributed by atoms with Crippen molar-refractivity contribution in [3.05, 3.63) is 94.6 Å². The van der Waals surface area contributed by atoms with Gasteiger partial charge in [0.05, 0.1) is 12.7 Å². The van der Waals surface area contributed by atoms with E-state index in [-0.39, 0.29) is 36.6 Å². The van der Waals surface area contributed by atoms with Crippen LogP contribution in [0.4, 0.5) is 13.2 Å². The molecule has 2 aromatic rings. The molecule has 1 atom stereocenters. The molecule has 1 unspecified atom stereocenters. The Bertz CT molecular complexity index is 1440. The molecule has 0 amide bonds. The van der Waals surface area contributed by atoms with Crippen LogP contribution < -0.4 is 14.8 Å². The Morgan fingerprint density at radius 3 is 2.35 bits per heavy atom. The van der Waals surface area contributed by atoms with Crippen LogP contribution in [0.2, 0.25) is 0 Å². The minimum absolute atomic E-state index is 0.00969. The van der Waals surface area contributed by atoms with Crippen LogP contribution in [0.15, 0.2) is 72.4 Å². The van der Waals surface area contributed by atoms with E-state index in [1.807, 2.05) is 39.0 Å². The van der Waals surface area contributed by atoms with Gasteiger partial charge in [0.25, 0.3) is 0 Å². The summed E-state index contributed by atoms with van der Waals surface area (Å²) < 4.78 is 52.6. The van der Waals surface area contributed by atoms with Crippen molar-refractivity contribution in [2.75, 3.05) is 20.2 Å². The van der Waals surface area contributed by atoms with Crippen LogP contribution in [-0.4, -0.2) is 37.8 Å². The fourth-order valence-corrected chi connectivity index (χ4v) is 4.66. The molecule has 0 spiro atoms. The van der Waals surface area contributed by atoms with Crippen molar-refractivity contribution in [3.8, 4) is 17.6 Å². The molecule has 40 heavy (non-hydrogen) atoms. The lowest BCUT2D eigenvalue weighted by atomic mass is 9.92. The summed E-state index contributed by atoms with van der Waals surface area (Å²) in [7, 11) is 1.55. The highest BCUT2D eigenvalue weighted by atomic mass is 19.4. The maximum atomic E-state index is 13.9. The fraction of sp³-hybridized carbons (Fsp3) is 0.312. The number of nitrogens with one attached hydrogen (secondary N) is 1. The maximum absolute atomic E-state index is 13.9. The Morgan fingerprint density at radius 1 is 1.10 bits per heavy atom. The summed E-state index contributed by atoms with van der Waals surface area (Å²) in [5.74, 6) is 0.414. The molecule has 0 aromatic heterocycles. The van der Waals surface area contributed by atoms with Crippen LogP contribution in [0.25, 0.3) is 11.1 Å². The highest BCUT2D eigenvalue weighted by molar-refractivity contribution is 5.95. The second kappa shape index (κ2) is 12.4. The molecule has 0 radical (unpaired) electrons. The lowest BCUT2D eigenvalue weighted by Gasteiger charge is -2.32. The molecule has 0 aliphatic carbocycles. The van der Waals surface area contributed by atoms with E-state index in [2.05, 4.69) is 11.9 Å². The second-order valence-electron chi connectivity index (χ2n) is 9.77. The number of methoxy groups -OCH3 is 1. The first-order chi connectivity index (χ1) is 18.9. The monoisotopic (exact) mass is 550 g/mol. The number of nitrogens with zero attached hydrogens (tertiary/aromatic N) is 1. The number of hydrogen-bond acceptors (Lipinski definition) is 5. The topological polar surface area (TPSA) is 71.3 Å².